The first kappa shape index (κ1) is 21.5. The maximum absolute atomic E-state index is 9.59. The lowest BCUT2D eigenvalue weighted by atomic mass is 10.0. The van der Waals surface area contributed by atoms with Crippen LogP contribution in [0.2, 0.25) is 0 Å². The molecule has 0 saturated carbocycles. The lowest BCUT2D eigenvalue weighted by Gasteiger charge is -2.10. The third-order valence-corrected chi connectivity index (χ3v) is 3.63. The van der Waals surface area contributed by atoms with Gasteiger partial charge in [-0.15, -0.1) is 0 Å². The van der Waals surface area contributed by atoms with E-state index in [2.05, 4.69) is 4.74 Å². The van der Waals surface area contributed by atoms with Crippen molar-refractivity contribution in [1.29, 1.82) is 0 Å². The smallest absolute Gasteiger partial charge is 0.338 e. The van der Waals surface area contributed by atoms with Gasteiger partial charge in [0, 0.05) is 0 Å². The van der Waals surface area contributed by atoms with Crippen molar-refractivity contribution in [2.45, 2.75) is 32.5 Å². The highest BCUT2D eigenvalue weighted by Gasteiger charge is 2.02. The molecule has 2 aromatic rings. The molecule has 1 aliphatic rings. The molecule has 28 heavy (non-hydrogen) atoms. The van der Waals surface area contributed by atoms with Crippen molar-refractivity contribution < 1.29 is 29.2 Å². The quantitative estimate of drug-likeness (QED) is 0.679. The molecular weight excluding hydrogens is 360 g/mol. The van der Waals surface area contributed by atoms with Gasteiger partial charge in [0.05, 0.1) is 18.3 Å². The molecule has 6 nitrogen and oxygen atoms in total. The van der Waals surface area contributed by atoms with Crippen molar-refractivity contribution in [3.8, 4) is 11.5 Å². The average molecular weight is 386 g/mol. The number of carbonyl (C=O) groups is 1. The molecule has 2 atom stereocenters. The molecule has 2 N–H and O–H groups in total. The number of hydrogen-bond donors (Lipinski definition) is 2. The van der Waals surface area contributed by atoms with Crippen LogP contribution in [-0.2, 0) is 16.0 Å². The van der Waals surface area contributed by atoms with Gasteiger partial charge in [0.1, 0.15) is 31.0 Å². The maximum Gasteiger partial charge on any atom is 0.338 e. The highest BCUT2D eigenvalue weighted by Crippen LogP contribution is 2.18. The lowest BCUT2D eigenvalue weighted by Crippen LogP contribution is -2.12. The summed E-state index contributed by atoms with van der Waals surface area (Å²) in [5, 5.41) is 18.4. The van der Waals surface area contributed by atoms with E-state index < -0.39 is 12.2 Å². The van der Waals surface area contributed by atoms with Crippen LogP contribution in [0.25, 0.3) is 0 Å². The second kappa shape index (κ2) is 11.1. The van der Waals surface area contributed by atoms with Gasteiger partial charge >= 0.3 is 5.97 Å². The van der Waals surface area contributed by atoms with Crippen molar-refractivity contribution in [2.24, 2.45) is 0 Å². The summed E-state index contributed by atoms with van der Waals surface area (Å²) in [6, 6.07) is 15.8. The first-order valence-corrected chi connectivity index (χ1v) is 9.09. The predicted molar refractivity (Wildman–Crippen MR) is 105 cm³/mol. The molecular formula is C22H26O6. The van der Waals surface area contributed by atoms with E-state index in [1.165, 1.54) is 23.5 Å². The van der Waals surface area contributed by atoms with Gasteiger partial charge in [0.15, 0.2) is 0 Å². The number of aliphatic hydroxyl groups is 2. The molecule has 2 aromatic carbocycles. The molecule has 3 rings (SSSR count). The van der Waals surface area contributed by atoms with E-state index in [4.69, 9.17) is 9.47 Å². The van der Waals surface area contributed by atoms with Crippen molar-refractivity contribution in [3.05, 3.63) is 72.0 Å². The minimum atomic E-state index is -0.468. The van der Waals surface area contributed by atoms with Gasteiger partial charge in [-0.1, -0.05) is 24.3 Å². The molecule has 0 spiro atoms. The summed E-state index contributed by atoms with van der Waals surface area (Å²) >= 11 is 0. The minimum Gasteiger partial charge on any atom is -0.491 e. The van der Waals surface area contributed by atoms with Gasteiger partial charge < -0.3 is 24.4 Å². The van der Waals surface area contributed by atoms with Crippen LogP contribution in [0.15, 0.2) is 60.9 Å². The normalized spacial score (nSPS) is 14.1. The number of hydrogen-bond acceptors (Lipinski definition) is 6. The molecule has 0 fully saturated rings. The first-order valence-electron chi connectivity index (χ1n) is 9.09. The van der Waals surface area contributed by atoms with Crippen LogP contribution in [0.1, 0.15) is 25.0 Å². The Morgan fingerprint density at radius 2 is 1.18 bits per heavy atom. The number of aliphatic hydroxyl groups excluding tert-OH is 2. The summed E-state index contributed by atoms with van der Waals surface area (Å²) in [5.41, 5.74) is 2.37. The van der Waals surface area contributed by atoms with Gasteiger partial charge in [0.2, 0.25) is 0 Å². The van der Waals surface area contributed by atoms with Crippen LogP contribution in [0.3, 0.4) is 0 Å². The SMILES string of the molecule is CC(O)COc1ccc(Cc2ccc(OCC(C)O)cc2)cc1.O=C1C=CO1. The molecule has 150 valence electrons. The molecule has 0 bridgehead atoms. The summed E-state index contributed by atoms with van der Waals surface area (Å²) in [4.78, 5) is 9.59. The zero-order valence-electron chi connectivity index (χ0n) is 16.1. The second-order valence-electron chi connectivity index (χ2n) is 6.52. The number of ether oxygens (including phenoxy) is 3. The van der Waals surface area contributed by atoms with Crippen molar-refractivity contribution in [3.63, 3.8) is 0 Å². The van der Waals surface area contributed by atoms with Gasteiger partial charge in [-0.05, 0) is 55.7 Å². The number of cyclic esters (lactones) is 1. The molecule has 6 heteroatoms. The third kappa shape index (κ3) is 8.24. The van der Waals surface area contributed by atoms with Gasteiger partial charge in [0.25, 0.3) is 0 Å². The molecule has 1 heterocycles. The van der Waals surface area contributed by atoms with Crippen LogP contribution < -0.4 is 9.47 Å². The lowest BCUT2D eigenvalue weighted by molar-refractivity contribution is -0.136. The van der Waals surface area contributed by atoms with Crippen molar-refractivity contribution in [2.75, 3.05) is 13.2 Å². The Morgan fingerprint density at radius 3 is 1.43 bits per heavy atom. The minimum absolute atomic E-state index is 0.245. The third-order valence-electron chi connectivity index (χ3n) is 3.63. The summed E-state index contributed by atoms with van der Waals surface area (Å²) in [5.74, 6) is 1.28. The number of benzene rings is 2. The Balaban J connectivity index is 0.000000485. The fourth-order valence-corrected chi connectivity index (χ4v) is 2.20. The predicted octanol–water partition coefficient (Wildman–Crippen LogP) is 2.85. The average Bonchev–Trinajstić information content (AvgIpc) is 2.65. The van der Waals surface area contributed by atoms with Crippen molar-refractivity contribution in [1.82, 2.24) is 0 Å². The van der Waals surface area contributed by atoms with Crippen LogP contribution in [0.4, 0.5) is 0 Å². The van der Waals surface area contributed by atoms with Gasteiger partial charge in [-0.2, -0.15) is 0 Å². The molecule has 0 radical (unpaired) electrons. The second-order valence-corrected chi connectivity index (χ2v) is 6.52. The molecule has 2 unspecified atom stereocenters. The van der Waals surface area contributed by atoms with Crippen LogP contribution in [-0.4, -0.2) is 41.6 Å². The topological polar surface area (TPSA) is 85.2 Å². The van der Waals surface area contributed by atoms with Crippen molar-refractivity contribution >= 4 is 5.97 Å². The summed E-state index contributed by atoms with van der Waals surface area (Å²) in [7, 11) is 0. The zero-order valence-corrected chi connectivity index (χ0v) is 16.1. The summed E-state index contributed by atoms with van der Waals surface area (Å²) in [6.45, 7) is 3.99. The van der Waals surface area contributed by atoms with E-state index in [0.717, 1.165) is 17.9 Å². The van der Waals surface area contributed by atoms with E-state index in [9.17, 15) is 15.0 Å². The molecule has 0 aliphatic carbocycles. The maximum atomic E-state index is 9.59. The van der Waals surface area contributed by atoms with Gasteiger partial charge in [-0.25, -0.2) is 4.79 Å². The fourth-order valence-electron chi connectivity index (χ4n) is 2.20. The summed E-state index contributed by atoms with van der Waals surface area (Å²) in [6.07, 6.45) is 2.60. The monoisotopic (exact) mass is 386 g/mol. The number of carbonyl (C=O) groups excluding carboxylic acids is 1. The van der Waals surface area contributed by atoms with Crippen LogP contribution in [0, 0.1) is 0 Å². The molecule has 0 saturated heterocycles. The highest BCUT2D eigenvalue weighted by molar-refractivity contribution is 5.86. The molecule has 1 aliphatic heterocycles. The zero-order chi connectivity index (χ0) is 20.4. The Labute approximate surface area is 165 Å². The van der Waals surface area contributed by atoms with E-state index >= 15 is 0 Å². The van der Waals surface area contributed by atoms with E-state index in [-0.39, 0.29) is 5.97 Å². The number of rotatable bonds is 8. The summed E-state index contributed by atoms with van der Waals surface area (Å²) < 4.78 is 15.0. The molecule has 0 amide bonds. The first-order chi connectivity index (χ1) is 13.4. The number of esters is 1. The van der Waals surface area contributed by atoms with Crippen LogP contribution >= 0.6 is 0 Å². The Morgan fingerprint density at radius 1 is 0.821 bits per heavy atom. The van der Waals surface area contributed by atoms with Gasteiger partial charge in [-0.3, -0.25) is 0 Å². The Hall–Kier alpha value is -2.83. The van der Waals surface area contributed by atoms with E-state index in [1.54, 1.807) is 13.8 Å². The molecule has 0 aromatic heterocycles. The van der Waals surface area contributed by atoms with E-state index in [0.29, 0.717) is 13.2 Å². The highest BCUT2D eigenvalue weighted by atomic mass is 16.5. The Bertz CT molecular complexity index is 694. The largest absolute Gasteiger partial charge is 0.491 e. The Kier molecular flexibility index (Phi) is 8.52. The van der Waals surface area contributed by atoms with Crippen LogP contribution in [0.5, 0.6) is 11.5 Å². The standard InChI is InChI=1S/C19H24O4.C3H2O2/c1-14(20)12-22-18-7-3-16(4-8-18)11-17-5-9-19(10-6-17)23-13-15(2)21;4-3-1-2-5-3/h3-10,14-15,20-21H,11-13H2,1-2H3;1-2H. The fraction of sp³-hybridized carbons (Fsp3) is 0.318. The van der Waals surface area contributed by atoms with E-state index in [1.807, 2.05) is 48.5 Å².